The molecule has 0 bridgehead atoms. The number of anilines is 1. The van der Waals surface area contributed by atoms with E-state index in [1.807, 2.05) is 55.5 Å². The number of methoxy groups -OCH3 is 1. The van der Waals surface area contributed by atoms with Crippen LogP contribution in [0.2, 0.25) is 0 Å². The fourth-order valence-electron chi connectivity index (χ4n) is 3.20. The molecular weight excluding hydrogens is 344 g/mol. The van der Waals surface area contributed by atoms with Gasteiger partial charge < -0.3 is 19.7 Å². The Bertz CT molecular complexity index is 807. The second-order valence-corrected chi connectivity index (χ2v) is 6.30. The smallest absolute Gasteiger partial charge is 0.239 e. The van der Waals surface area contributed by atoms with Crippen LogP contribution in [-0.2, 0) is 16.1 Å². The van der Waals surface area contributed by atoms with Gasteiger partial charge in [0.25, 0.3) is 0 Å². The maximum Gasteiger partial charge on any atom is 0.239 e. The molecule has 1 N–H and O–H groups in total. The summed E-state index contributed by atoms with van der Waals surface area (Å²) >= 11 is 0. The molecule has 2 aromatic rings. The SMILES string of the molecule is CCOc1ccc(CNC(=O)[C@@H]2CCN(c3ccccc3)C2=O)cc1OC. The van der Waals surface area contributed by atoms with Crippen LogP contribution in [0.1, 0.15) is 18.9 Å². The quantitative estimate of drug-likeness (QED) is 0.763. The maximum atomic E-state index is 12.6. The van der Waals surface area contributed by atoms with E-state index in [9.17, 15) is 9.59 Å². The lowest BCUT2D eigenvalue weighted by molar-refractivity contribution is -0.132. The van der Waals surface area contributed by atoms with Crippen molar-refractivity contribution < 1.29 is 19.1 Å². The van der Waals surface area contributed by atoms with Gasteiger partial charge in [-0.3, -0.25) is 9.59 Å². The molecule has 3 rings (SSSR count). The zero-order chi connectivity index (χ0) is 19.2. The highest BCUT2D eigenvalue weighted by atomic mass is 16.5. The fraction of sp³-hybridized carbons (Fsp3) is 0.333. The number of nitrogens with zero attached hydrogens (tertiary/aromatic N) is 1. The molecule has 0 spiro atoms. The number of amides is 2. The highest BCUT2D eigenvalue weighted by molar-refractivity contribution is 6.09. The number of nitrogens with one attached hydrogen (secondary N) is 1. The largest absolute Gasteiger partial charge is 0.493 e. The number of hydrogen-bond acceptors (Lipinski definition) is 4. The summed E-state index contributed by atoms with van der Waals surface area (Å²) in [4.78, 5) is 26.8. The van der Waals surface area contributed by atoms with E-state index >= 15 is 0 Å². The third-order valence-corrected chi connectivity index (χ3v) is 4.58. The van der Waals surface area contributed by atoms with Crippen LogP contribution < -0.4 is 19.7 Å². The summed E-state index contributed by atoms with van der Waals surface area (Å²) < 4.78 is 10.8. The van der Waals surface area contributed by atoms with Crippen molar-refractivity contribution in [2.24, 2.45) is 5.92 Å². The normalized spacial score (nSPS) is 16.3. The van der Waals surface area contributed by atoms with Gasteiger partial charge in [-0.1, -0.05) is 24.3 Å². The van der Waals surface area contributed by atoms with Crippen LogP contribution in [0.15, 0.2) is 48.5 Å². The molecule has 0 saturated carbocycles. The number of benzene rings is 2. The first-order valence-corrected chi connectivity index (χ1v) is 9.08. The zero-order valence-corrected chi connectivity index (χ0v) is 15.6. The Kier molecular flexibility index (Phi) is 5.96. The van der Waals surface area contributed by atoms with Gasteiger partial charge in [0.15, 0.2) is 11.5 Å². The Hall–Kier alpha value is -3.02. The van der Waals surface area contributed by atoms with Crippen molar-refractivity contribution >= 4 is 17.5 Å². The molecule has 0 unspecified atom stereocenters. The molecule has 1 saturated heterocycles. The van der Waals surface area contributed by atoms with Crippen LogP contribution >= 0.6 is 0 Å². The number of carbonyl (C=O) groups is 2. The van der Waals surface area contributed by atoms with Gasteiger partial charge in [0, 0.05) is 18.8 Å². The van der Waals surface area contributed by atoms with E-state index < -0.39 is 5.92 Å². The molecule has 0 aliphatic carbocycles. The van der Waals surface area contributed by atoms with Gasteiger partial charge in [-0.05, 0) is 43.2 Å². The summed E-state index contributed by atoms with van der Waals surface area (Å²) in [7, 11) is 1.58. The third kappa shape index (κ3) is 4.22. The first kappa shape index (κ1) is 18.8. The molecule has 2 amide bonds. The average molecular weight is 368 g/mol. The van der Waals surface area contributed by atoms with Gasteiger partial charge in [-0.25, -0.2) is 0 Å². The Labute approximate surface area is 159 Å². The molecule has 1 atom stereocenters. The molecule has 27 heavy (non-hydrogen) atoms. The number of carbonyl (C=O) groups excluding carboxylic acids is 2. The Morgan fingerprint density at radius 2 is 1.96 bits per heavy atom. The molecule has 6 nitrogen and oxygen atoms in total. The standard InChI is InChI=1S/C21H24N2O4/c1-3-27-18-10-9-15(13-19(18)26-2)14-22-20(24)17-11-12-23(21(17)25)16-7-5-4-6-8-16/h4-10,13,17H,3,11-12,14H2,1-2H3,(H,22,24)/t17-/m0/s1. The summed E-state index contributed by atoms with van der Waals surface area (Å²) in [6.07, 6.45) is 0.520. The van der Waals surface area contributed by atoms with Crippen molar-refractivity contribution in [3.63, 3.8) is 0 Å². The van der Waals surface area contributed by atoms with Crippen LogP contribution in [0.25, 0.3) is 0 Å². The van der Waals surface area contributed by atoms with Crippen LogP contribution in [0.4, 0.5) is 5.69 Å². The summed E-state index contributed by atoms with van der Waals surface area (Å²) in [5, 5.41) is 2.86. The first-order chi connectivity index (χ1) is 13.1. The predicted molar refractivity (Wildman–Crippen MR) is 103 cm³/mol. The van der Waals surface area contributed by atoms with Crippen LogP contribution in [0.5, 0.6) is 11.5 Å². The molecule has 6 heteroatoms. The molecule has 1 fully saturated rings. The van der Waals surface area contributed by atoms with E-state index in [4.69, 9.17) is 9.47 Å². The van der Waals surface area contributed by atoms with Crippen molar-refractivity contribution in [3.05, 3.63) is 54.1 Å². The van der Waals surface area contributed by atoms with Gasteiger partial charge in [-0.2, -0.15) is 0 Å². The minimum atomic E-state index is -0.644. The number of hydrogen-bond donors (Lipinski definition) is 1. The molecule has 1 aliphatic heterocycles. The average Bonchev–Trinajstić information content (AvgIpc) is 3.09. The van der Waals surface area contributed by atoms with E-state index in [0.717, 1.165) is 11.3 Å². The number of para-hydroxylation sites is 1. The van der Waals surface area contributed by atoms with Crippen molar-refractivity contribution in [2.75, 3.05) is 25.2 Å². The minimum Gasteiger partial charge on any atom is -0.493 e. The summed E-state index contributed by atoms with van der Waals surface area (Å²) in [6.45, 7) is 3.34. The molecule has 2 aromatic carbocycles. The molecule has 1 heterocycles. The second-order valence-electron chi connectivity index (χ2n) is 6.30. The lowest BCUT2D eigenvalue weighted by atomic mass is 10.1. The Balaban J connectivity index is 1.60. The monoisotopic (exact) mass is 368 g/mol. The van der Waals surface area contributed by atoms with Crippen LogP contribution in [-0.4, -0.2) is 32.1 Å². The third-order valence-electron chi connectivity index (χ3n) is 4.58. The fourth-order valence-corrected chi connectivity index (χ4v) is 3.20. The molecule has 0 aromatic heterocycles. The minimum absolute atomic E-state index is 0.150. The van der Waals surface area contributed by atoms with Gasteiger partial charge in [0.2, 0.25) is 11.8 Å². The van der Waals surface area contributed by atoms with Crippen molar-refractivity contribution in [2.45, 2.75) is 19.9 Å². The van der Waals surface area contributed by atoms with Crippen LogP contribution in [0.3, 0.4) is 0 Å². The van der Waals surface area contributed by atoms with Crippen LogP contribution in [0, 0.1) is 5.92 Å². The van der Waals surface area contributed by atoms with Gasteiger partial charge in [-0.15, -0.1) is 0 Å². The highest BCUT2D eigenvalue weighted by Gasteiger charge is 2.37. The van der Waals surface area contributed by atoms with Gasteiger partial charge in [0.1, 0.15) is 5.92 Å². The topological polar surface area (TPSA) is 67.9 Å². The number of ether oxygens (including phenoxy) is 2. The van der Waals surface area contributed by atoms with Gasteiger partial charge in [0.05, 0.1) is 13.7 Å². The first-order valence-electron chi connectivity index (χ1n) is 9.08. The maximum absolute atomic E-state index is 12.6. The van der Waals surface area contributed by atoms with E-state index in [1.54, 1.807) is 12.0 Å². The summed E-state index contributed by atoms with van der Waals surface area (Å²) in [5.74, 6) is 0.249. The predicted octanol–water partition coefficient (Wildman–Crippen LogP) is 2.76. The molecular formula is C21H24N2O4. The zero-order valence-electron chi connectivity index (χ0n) is 15.6. The summed E-state index contributed by atoms with van der Waals surface area (Å²) in [6, 6.07) is 15.0. The van der Waals surface area contributed by atoms with Crippen molar-refractivity contribution in [1.29, 1.82) is 0 Å². The highest BCUT2D eigenvalue weighted by Crippen LogP contribution is 2.28. The van der Waals surface area contributed by atoms with Crippen molar-refractivity contribution in [1.82, 2.24) is 5.32 Å². The Morgan fingerprint density at radius 1 is 1.19 bits per heavy atom. The lowest BCUT2D eigenvalue weighted by Crippen LogP contribution is -2.36. The molecule has 142 valence electrons. The van der Waals surface area contributed by atoms with E-state index in [1.165, 1.54) is 0 Å². The molecule has 1 aliphatic rings. The summed E-state index contributed by atoms with van der Waals surface area (Å²) in [5.41, 5.74) is 1.71. The van der Waals surface area contributed by atoms with E-state index in [0.29, 0.717) is 37.6 Å². The van der Waals surface area contributed by atoms with Crippen molar-refractivity contribution in [3.8, 4) is 11.5 Å². The van der Waals surface area contributed by atoms with Gasteiger partial charge >= 0.3 is 0 Å². The molecule has 0 radical (unpaired) electrons. The number of rotatable bonds is 7. The Morgan fingerprint density at radius 3 is 2.67 bits per heavy atom. The lowest BCUT2D eigenvalue weighted by Gasteiger charge is -2.16. The van der Waals surface area contributed by atoms with E-state index in [2.05, 4.69) is 5.32 Å². The van der Waals surface area contributed by atoms with E-state index in [-0.39, 0.29) is 11.8 Å². The second kappa shape index (κ2) is 8.58.